The third-order valence-corrected chi connectivity index (χ3v) is 4.32. The van der Waals surface area contributed by atoms with Gasteiger partial charge in [0.05, 0.1) is 17.9 Å². The fourth-order valence-electron chi connectivity index (χ4n) is 2.76. The molecule has 22 heavy (non-hydrogen) atoms. The zero-order valence-corrected chi connectivity index (χ0v) is 13.4. The van der Waals surface area contributed by atoms with E-state index in [-0.39, 0.29) is 5.78 Å². The predicted molar refractivity (Wildman–Crippen MR) is 84.0 cm³/mol. The molecule has 0 amide bonds. The lowest BCUT2D eigenvalue weighted by atomic mass is 10.1. The largest absolute Gasteiger partial charge is 0.300 e. The first-order valence-electron chi connectivity index (χ1n) is 6.96. The van der Waals surface area contributed by atoms with Crippen molar-refractivity contribution < 1.29 is 4.79 Å². The van der Waals surface area contributed by atoms with Gasteiger partial charge >= 0.3 is 0 Å². The smallest absolute Gasteiger partial charge is 0.182 e. The molecule has 3 aromatic rings. The number of hydrogen-bond acceptors (Lipinski definition) is 4. The number of carbonyl (C=O) groups excluding carboxylic acids is 1. The summed E-state index contributed by atoms with van der Waals surface area (Å²) >= 11 is 3.50. The van der Waals surface area contributed by atoms with Gasteiger partial charge in [0.15, 0.2) is 11.6 Å². The number of benzene rings is 1. The summed E-state index contributed by atoms with van der Waals surface area (Å²) in [7, 11) is 0. The van der Waals surface area contributed by atoms with Crippen LogP contribution in [-0.2, 0) is 6.54 Å². The molecule has 1 aliphatic heterocycles. The van der Waals surface area contributed by atoms with Crippen LogP contribution in [0.3, 0.4) is 0 Å². The van der Waals surface area contributed by atoms with Crippen molar-refractivity contribution in [1.29, 1.82) is 0 Å². The van der Waals surface area contributed by atoms with E-state index in [2.05, 4.69) is 31.0 Å². The van der Waals surface area contributed by atoms with Gasteiger partial charge in [-0.2, -0.15) is 5.10 Å². The van der Waals surface area contributed by atoms with Crippen LogP contribution in [0.15, 0.2) is 35.3 Å². The Balaban J connectivity index is 2.04. The second-order valence-corrected chi connectivity index (χ2v) is 6.01. The number of rotatable bonds is 2. The van der Waals surface area contributed by atoms with Gasteiger partial charge in [-0.1, -0.05) is 22.9 Å². The third-order valence-electron chi connectivity index (χ3n) is 3.83. The predicted octanol–water partition coefficient (Wildman–Crippen LogP) is 2.85. The summed E-state index contributed by atoms with van der Waals surface area (Å²) in [6.07, 6.45) is 3.67. The summed E-state index contributed by atoms with van der Waals surface area (Å²) < 4.78 is 4.73. The number of fused-ring (bicyclic) bond motifs is 5. The van der Waals surface area contributed by atoms with Gasteiger partial charge in [-0.25, -0.2) is 14.6 Å². The maximum atomic E-state index is 12.1. The summed E-state index contributed by atoms with van der Waals surface area (Å²) in [5, 5.41) is 4.29. The Kier molecular flexibility index (Phi) is 2.97. The highest BCUT2D eigenvalue weighted by Crippen LogP contribution is 2.33. The van der Waals surface area contributed by atoms with E-state index >= 15 is 0 Å². The molecule has 6 nitrogen and oxygen atoms in total. The molecule has 110 valence electrons. The average molecular weight is 358 g/mol. The van der Waals surface area contributed by atoms with E-state index < -0.39 is 0 Å². The number of aromatic nitrogens is 5. The van der Waals surface area contributed by atoms with Gasteiger partial charge in [0, 0.05) is 16.5 Å². The lowest BCUT2D eigenvalue weighted by molar-refractivity contribution is 0.0982. The molecule has 0 bridgehead atoms. The van der Waals surface area contributed by atoms with Crippen LogP contribution in [0.25, 0.3) is 17.1 Å². The fourth-order valence-corrected chi connectivity index (χ4v) is 3.12. The monoisotopic (exact) mass is 357 g/mol. The van der Waals surface area contributed by atoms with E-state index in [0.29, 0.717) is 18.7 Å². The van der Waals surface area contributed by atoms with Crippen LogP contribution in [0.5, 0.6) is 0 Å². The van der Waals surface area contributed by atoms with Crippen molar-refractivity contribution in [1.82, 2.24) is 24.3 Å². The van der Waals surface area contributed by atoms with Gasteiger partial charge < -0.3 is 0 Å². The number of halogens is 1. The van der Waals surface area contributed by atoms with Gasteiger partial charge in [0.25, 0.3) is 0 Å². The normalized spacial score (nSPS) is 12.3. The highest BCUT2D eigenvalue weighted by Gasteiger charge is 2.25. The zero-order chi connectivity index (χ0) is 15.3. The Bertz CT molecular complexity index is 895. The van der Waals surface area contributed by atoms with Crippen LogP contribution in [-0.4, -0.2) is 30.1 Å². The standard InChI is InChI=1S/C15H12BrN5O/c1-2-13(22)14-12-6-21-15(17-7-19-21)10-5-9(16)3-4-11(10)20(12)8-18-14/h3-5,7-8H,2,6H2,1H3. The molecule has 0 radical (unpaired) electrons. The topological polar surface area (TPSA) is 65.6 Å². The maximum absolute atomic E-state index is 12.1. The molecule has 0 fully saturated rings. The summed E-state index contributed by atoms with van der Waals surface area (Å²) in [6, 6.07) is 5.97. The minimum absolute atomic E-state index is 0.0379. The molecule has 1 aromatic carbocycles. The van der Waals surface area contributed by atoms with Crippen LogP contribution >= 0.6 is 15.9 Å². The quantitative estimate of drug-likeness (QED) is 0.517. The third kappa shape index (κ3) is 1.85. The Morgan fingerprint density at radius 1 is 1.36 bits per heavy atom. The van der Waals surface area contributed by atoms with Crippen LogP contribution < -0.4 is 0 Å². The summed E-state index contributed by atoms with van der Waals surface area (Å²) in [5.74, 6) is 0.825. The first-order chi connectivity index (χ1) is 10.7. The summed E-state index contributed by atoms with van der Waals surface area (Å²) in [5.41, 5.74) is 3.27. The molecule has 0 aliphatic carbocycles. The van der Waals surface area contributed by atoms with Crippen molar-refractivity contribution in [2.45, 2.75) is 19.9 Å². The number of Topliss-reactive ketones (excluding diaryl/α,β-unsaturated/α-hetero) is 1. The molecule has 2 aromatic heterocycles. The van der Waals surface area contributed by atoms with Gasteiger partial charge in [0.1, 0.15) is 18.3 Å². The molecule has 4 rings (SSSR count). The molecule has 0 saturated carbocycles. The molecule has 0 N–H and O–H groups in total. The molecular formula is C15H12BrN5O. The number of imidazole rings is 1. The van der Waals surface area contributed by atoms with E-state index in [0.717, 1.165) is 27.2 Å². The van der Waals surface area contributed by atoms with Crippen molar-refractivity contribution >= 4 is 21.7 Å². The van der Waals surface area contributed by atoms with Crippen molar-refractivity contribution in [3.8, 4) is 17.1 Å². The fraction of sp³-hybridized carbons (Fsp3) is 0.200. The second-order valence-electron chi connectivity index (χ2n) is 5.09. The minimum atomic E-state index is 0.0379. The van der Waals surface area contributed by atoms with E-state index in [9.17, 15) is 4.79 Å². The Morgan fingerprint density at radius 2 is 2.23 bits per heavy atom. The molecule has 1 aliphatic rings. The first-order valence-corrected chi connectivity index (χ1v) is 7.76. The van der Waals surface area contributed by atoms with Crippen LogP contribution in [0.2, 0.25) is 0 Å². The zero-order valence-electron chi connectivity index (χ0n) is 11.8. The van der Waals surface area contributed by atoms with Gasteiger partial charge in [-0.05, 0) is 18.2 Å². The van der Waals surface area contributed by atoms with E-state index in [1.807, 2.05) is 29.7 Å². The SMILES string of the molecule is CCC(=O)c1ncn2c1Cn1ncnc1-c1cc(Br)ccc1-2. The lowest BCUT2D eigenvalue weighted by Crippen LogP contribution is -2.10. The highest BCUT2D eigenvalue weighted by molar-refractivity contribution is 9.10. The number of carbonyl (C=O) groups is 1. The van der Waals surface area contributed by atoms with Crippen LogP contribution in [0.1, 0.15) is 29.5 Å². The highest BCUT2D eigenvalue weighted by atomic mass is 79.9. The Morgan fingerprint density at radius 3 is 3.05 bits per heavy atom. The van der Waals surface area contributed by atoms with Crippen LogP contribution in [0, 0.1) is 0 Å². The van der Waals surface area contributed by atoms with Gasteiger partial charge in [-0.3, -0.25) is 9.36 Å². The van der Waals surface area contributed by atoms with Crippen LogP contribution in [0.4, 0.5) is 0 Å². The molecule has 0 spiro atoms. The average Bonchev–Trinajstić information content (AvgIpc) is 3.12. The van der Waals surface area contributed by atoms with Gasteiger partial charge in [-0.15, -0.1) is 0 Å². The van der Waals surface area contributed by atoms with E-state index in [1.165, 1.54) is 6.33 Å². The lowest BCUT2D eigenvalue weighted by Gasteiger charge is -2.08. The maximum Gasteiger partial charge on any atom is 0.182 e. The minimum Gasteiger partial charge on any atom is -0.300 e. The molecular weight excluding hydrogens is 346 g/mol. The first kappa shape index (κ1) is 13.4. The second kappa shape index (κ2) is 4.88. The van der Waals surface area contributed by atoms with Gasteiger partial charge in [0.2, 0.25) is 0 Å². The van der Waals surface area contributed by atoms with Crippen molar-refractivity contribution in [3.05, 3.63) is 46.7 Å². The van der Waals surface area contributed by atoms with Crippen molar-refractivity contribution in [2.24, 2.45) is 0 Å². The summed E-state index contributed by atoms with van der Waals surface area (Å²) in [6.45, 7) is 2.32. The summed E-state index contributed by atoms with van der Waals surface area (Å²) in [4.78, 5) is 20.8. The van der Waals surface area contributed by atoms with Crippen molar-refractivity contribution in [3.63, 3.8) is 0 Å². The molecule has 3 heterocycles. The molecule has 0 saturated heterocycles. The number of nitrogens with zero attached hydrogens (tertiary/aromatic N) is 5. The van der Waals surface area contributed by atoms with Crippen molar-refractivity contribution in [2.75, 3.05) is 0 Å². The van der Waals surface area contributed by atoms with E-state index in [1.54, 1.807) is 11.0 Å². The molecule has 0 atom stereocenters. The van der Waals surface area contributed by atoms with E-state index in [4.69, 9.17) is 0 Å². The number of ketones is 1. The number of hydrogen-bond donors (Lipinski definition) is 0. The Labute approximate surface area is 134 Å². The Hall–Kier alpha value is -2.28. The molecule has 0 unspecified atom stereocenters. The molecule has 7 heteroatoms.